The highest BCUT2D eigenvalue weighted by Crippen LogP contribution is 2.35. The first-order valence-electron chi connectivity index (χ1n) is 9.83. The number of hydrogen-bond acceptors (Lipinski definition) is 6. The van der Waals surface area contributed by atoms with Gasteiger partial charge in [-0.15, -0.1) is 0 Å². The Morgan fingerprint density at radius 2 is 2.00 bits per heavy atom. The Balaban J connectivity index is 1.72. The summed E-state index contributed by atoms with van der Waals surface area (Å²) in [5.41, 5.74) is 2.30. The van der Waals surface area contributed by atoms with E-state index in [-0.39, 0.29) is 16.9 Å². The van der Waals surface area contributed by atoms with Gasteiger partial charge in [0.15, 0.2) is 0 Å². The number of carbonyl (C=O) groups excluding carboxylic acids is 1. The molecule has 0 aromatic heterocycles. The smallest absolute Gasteiger partial charge is 0.264 e. The Hall–Kier alpha value is -2.88. The van der Waals surface area contributed by atoms with E-state index >= 15 is 0 Å². The van der Waals surface area contributed by atoms with Crippen LogP contribution in [0.5, 0.6) is 11.5 Å². The number of ether oxygens (including phenoxy) is 2. The number of fused-ring (bicyclic) bond motifs is 1. The fourth-order valence-electron chi connectivity index (χ4n) is 3.17. The minimum atomic E-state index is -3.74. The zero-order valence-corrected chi connectivity index (χ0v) is 18.7. The quantitative estimate of drug-likeness (QED) is 0.494. The third kappa shape index (κ3) is 5.25. The molecule has 1 amide bonds. The van der Waals surface area contributed by atoms with E-state index in [1.54, 1.807) is 6.08 Å². The van der Waals surface area contributed by atoms with Crippen molar-refractivity contribution < 1.29 is 27.5 Å². The molecule has 0 saturated heterocycles. The van der Waals surface area contributed by atoms with Gasteiger partial charge in [-0.2, -0.15) is 0 Å². The van der Waals surface area contributed by atoms with Crippen molar-refractivity contribution in [3.05, 3.63) is 53.6 Å². The molecule has 2 aromatic carbocycles. The molecule has 1 atom stereocenters. The van der Waals surface area contributed by atoms with Gasteiger partial charge in [0.05, 0.1) is 18.6 Å². The van der Waals surface area contributed by atoms with Gasteiger partial charge in [-0.25, -0.2) is 8.42 Å². The van der Waals surface area contributed by atoms with Crippen LogP contribution in [0.2, 0.25) is 0 Å². The maximum Gasteiger partial charge on any atom is 0.264 e. The highest BCUT2D eigenvalue weighted by Gasteiger charge is 2.22. The molecular formula is C22H26N2O6S. The van der Waals surface area contributed by atoms with E-state index in [1.807, 2.05) is 26.0 Å². The maximum absolute atomic E-state index is 12.4. The van der Waals surface area contributed by atoms with Gasteiger partial charge in [0, 0.05) is 36.4 Å². The predicted octanol–water partition coefficient (Wildman–Crippen LogP) is 3.24. The van der Waals surface area contributed by atoms with Crippen LogP contribution < -0.4 is 14.8 Å². The number of rotatable bonds is 8. The molecule has 2 aromatic rings. The molecule has 0 bridgehead atoms. The molecule has 8 nitrogen and oxygen atoms in total. The standard InChI is InChI=1S/C22H26N2O6S/c1-5-29-20-14-17-12-15(2)30-21(17)13-16(20)6-11-22(25)23-18-7-9-19(10-8-18)31(26,27)24(3)28-4/h6-11,13-15H,5,12H2,1-4H3,(H,23,25)/b11-6+. The Bertz CT molecular complexity index is 1080. The number of hydroxylamine groups is 1. The fraction of sp³-hybridized carbons (Fsp3) is 0.318. The summed E-state index contributed by atoms with van der Waals surface area (Å²) in [7, 11) is -1.17. The number of nitrogens with zero attached hydrogens (tertiary/aromatic N) is 1. The third-order valence-electron chi connectivity index (χ3n) is 4.76. The minimum absolute atomic E-state index is 0.0547. The van der Waals surface area contributed by atoms with Crippen molar-refractivity contribution in [1.82, 2.24) is 4.47 Å². The summed E-state index contributed by atoms with van der Waals surface area (Å²) in [5.74, 6) is 1.13. The van der Waals surface area contributed by atoms with E-state index in [0.717, 1.165) is 27.8 Å². The van der Waals surface area contributed by atoms with Crippen LogP contribution in [0.1, 0.15) is 25.0 Å². The molecule has 1 heterocycles. The summed E-state index contributed by atoms with van der Waals surface area (Å²) in [6.45, 7) is 4.42. The number of anilines is 1. The molecule has 1 aliphatic heterocycles. The minimum Gasteiger partial charge on any atom is -0.493 e. The third-order valence-corrected chi connectivity index (χ3v) is 6.45. The molecule has 0 spiro atoms. The lowest BCUT2D eigenvalue weighted by atomic mass is 10.1. The van der Waals surface area contributed by atoms with Crippen molar-refractivity contribution in [1.29, 1.82) is 0 Å². The average Bonchev–Trinajstić information content (AvgIpc) is 3.10. The Morgan fingerprint density at radius 3 is 2.65 bits per heavy atom. The average molecular weight is 447 g/mol. The second-order valence-electron chi connectivity index (χ2n) is 7.01. The molecule has 3 rings (SSSR count). The van der Waals surface area contributed by atoms with Gasteiger partial charge in [-0.05, 0) is 56.3 Å². The first-order chi connectivity index (χ1) is 14.7. The van der Waals surface area contributed by atoms with Crippen LogP contribution in [-0.4, -0.2) is 45.7 Å². The Kier molecular flexibility index (Phi) is 6.99. The number of carbonyl (C=O) groups is 1. The van der Waals surface area contributed by atoms with E-state index in [9.17, 15) is 13.2 Å². The summed E-state index contributed by atoms with van der Waals surface area (Å²) < 4.78 is 36.7. The summed E-state index contributed by atoms with van der Waals surface area (Å²) in [6.07, 6.45) is 4.00. The summed E-state index contributed by atoms with van der Waals surface area (Å²) in [4.78, 5) is 17.2. The molecule has 1 N–H and O–H groups in total. The van der Waals surface area contributed by atoms with Crippen LogP contribution >= 0.6 is 0 Å². The highest BCUT2D eigenvalue weighted by molar-refractivity contribution is 7.89. The van der Waals surface area contributed by atoms with Gasteiger partial charge < -0.3 is 14.8 Å². The first-order valence-corrected chi connectivity index (χ1v) is 11.3. The van der Waals surface area contributed by atoms with Crippen LogP contribution in [0.3, 0.4) is 0 Å². The number of benzene rings is 2. The number of hydrogen-bond donors (Lipinski definition) is 1. The Labute approximate surface area is 182 Å². The lowest BCUT2D eigenvalue weighted by Crippen LogP contribution is -2.25. The summed E-state index contributed by atoms with van der Waals surface area (Å²) in [6, 6.07) is 9.65. The number of sulfonamides is 1. The molecular weight excluding hydrogens is 420 g/mol. The van der Waals surface area contributed by atoms with Gasteiger partial charge in [0.1, 0.15) is 17.6 Å². The topological polar surface area (TPSA) is 94.2 Å². The van der Waals surface area contributed by atoms with Gasteiger partial charge >= 0.3 is 0 Å². The van der Waals surface area contributed by atoms with Gasteiger partial charge in [-0.3, -0.25) is 9.63 Å². The van der Waals surface area contributed by atoms with Crippen LogP contribution in [-0.2, 0) is 26.1 Å². The van der Waals surface area contributed by atoms with E-state index < -0.39 is 10.0 Å². The zero-order chi connectivity index (χ0) is 22.6. The molecule has 9 heteroatoms. The van der Waals surface area contributed by atoms with E-state index in [0.29, 0.717) is 18.0 Å². The molecule has 0 fully saturated rings. The van der Waals surface area contributed by atoms with Gasteiger partial charge in [0.25, 0.3) is 10.0 Å². The molecule has 166 valence electrons. The lowest BCUT2D eigenvalue weighted by Gasteiger charge is -2.14. The van der Waals surface area contributed by atoms with Crippen LogP contribution in [0.15, 0.2) is 47.4 Å². The van der Waals surface area contributed by atoms with E-state index in [1.165, 1.54) is 44.5 Å². The number of amides is 1. The van der Waals surface area contributed by atoms with Crippen LogP contribution in [0.25, 0.3) is 6.08 Å². The highest BCUT2D eigenvalue weighted by atomic mass is 32.2. The van der Waals surface area contributed by atoms with Crippen molar-refractivity contribution in [3.63, 3.8) is 0 Å². The lowest BCUT2D eigenvalue weighted by molar-refractivity contribution is -0.111. The molecule has 0 saturated carbocycles. The van der Waals surface area contributed by atoms with Crippen LogP contribution in [0.4, 0.5) is 5.69 Å². The normalized spacial score (nSPS) is 15.7. The molecule has 1 unspecified atom stereocenters. The second kappa shape index (κ2) is 9.51. The van der Waals surface area contributed by atoms with Crippen molar-refractivity contribution in [2.75, 3.05) is 26.1 Å². The molecule has 0 radical (unpaired) electrons. The van der Waals surface area contributed by atoms with Gasteiger partial charge in [0.2, 0.25) is 5.91 Å². The monoisotopic (exact) mass is 446 g/mol. The number of nitrogens with one attached hydrogen (secondary N) is 1. The molecule has 31 heavy (non-hydrogen) atoms. The van der Waals surface area contributed by atoms with E-state index in [4.69, 9.17) is 14.3 Å². The zero-order valence-electron chi connectivity index (χ0n) is 17.9. The molecule has 1 aliphatic rings. The van der Waals surface area contributed by atoms with Crippen LogP contribution in [0, 0.1) is 0 Å². The molecule has 0 aliphatic carbocycles. The second-order valence-corrected chi connectivity index (χ2v) is 8.94. The van der Waals surface area contributed by atoms with Crippen molar-refractivity contribution in [2.24, 2.45) is 0 Å². The van der Waals surface area contributed by atoms with Gasteiger partial charge in [-0.1, -0.05) is 4.47 Å². The fourth-order valence-corrected chi connectivity index (χ4v) is 4.15. The summed E-state index contributed by atoms with van der Waals surface area (Å²) >= 11 is 0. The van der Waals surface area contributed by atoms with Crippen molar-refractivity contribution >= 4 is 27.7 Å². The maximum atomic E-state index is 12.4. The van der Waals surface area contributed by atoms with E-state index in [2.05, 4.69) is 5.32 Å². The summed E-state index contributed by atoms with van der Waals surface area (Å²) in [5, 5.41) is 2.71. The Morgan fingerprint density at radius 1 is 1.29 bits per heavy atom. The van der Waals surface area contributed by atoms with Crippen molar-refractivity contribution in [2.45, 2.75) is 31.3 Å². The van der Waals surface area contributed by atoms with Crippen molar-refractivity contribution in [3.8, 4) is 11.5 Å². The first kappa shape index (κ1) is 22.8. The predicted molar refractivity (Wildman–Crippen MR) is 117 cm³/mol. The SMILES string of the molecule is CCOc1cc2c(cc1/C=C/C(=O)Nc1ccc(S(=O)(=O)N(C)OC)cc1)OC(C)C2. The largest absolute Gasteiger partial charge is 0.493 e.